The number of benzene rings is 1. The molecule has 0 saturated heterocycles. The van der Waals surface area contributed by atoms with Gasteiger partial charge in [0.2, 0.25) is 6.54 Å². The van der Waals surface area contributed by atoms with Crippen molar-refractivity contribution >= 4 is 35.8 Å². The van der Waals surface area contributed by atoms with E-state index >= 15 is 0 Å². The van der Waals surface area contributed by atoms with Crippen molar-refractivity contribution in [2.24, 2.45) is 5.73 Å². The standard InChI is InChI=1S/C10H13ClN2O2S.ClH/c11-9-4-2-1-3-8(9)10(7-13(14)15)16-6-5-12;/h1-4,10H,5-7,12H2;1H. The lowest BCUT2D eigenvalue weighted by atomic mass is 10.1. The first-order valence-corrected chi connectivity index (χ1v) is 6.25. The Morgan fingerprint density at radius 2 is 2.12 bits per heavy atom. The molecule has 0 aromatic heterocycles. The summed E-state index contributed by atoms with van der Waals surface area (Å²) in [4.78, 5) is 10.3. The quantitative estimate of drug-likeness (QED) is 0.647. The predicted molar refractivity (Wildman–Crippen MR) is 74.8 cm³/mol. The van der Waals surface area contributed by atoms with Crippen molar-refractivity contribution in [2.45, 2.75) is 5.25 Å². The number of hydrogen-bond acceptors (Lipinski definition) is 4. The van der Waals surface area contributed by atoms with Crippen molar-refractivity contribution < 1.29 is 4.92 Å². The van der Waals surface area contributed by atoms with Crippen LogP contribution in [0.25, 0.3) is 0 Å². The van der Waals surface area contributed by atoms with E-state index in [0.717, 1.165) is 5.56 Å². The number of nitrogens with two attached hydrogens (primary N) is 1. The third kappa shape index (κ3) is 5.59. The lowest BCUT2D eigenvalue weighted by molar-refractivity contribution is -0.479. The highest BCUT2D eigenvalue weighted by Crippen LogP contribution is 2.33. The fourth-order valence-electron chi connectivity index (χ4n) is 1.32. The van der Waals surface area contributed by atoms with Crippen molar-refractivity contribution in [1.29, 1.82) is 0 Å². The van der Waals surface area contributed by atoms with Crippen LogP contribution in [0.4, 0.5) is 0 Å². The second kappa shape index (κ2) is 8.58. The fourth-order valence-corrected chi connectivity index (χ4v) is 2.69. The van der Waals surface area contributed by atoms with Gasteiger partial charge in [0.1, 0.15) is 0 Å². The molecular weight excluding hydrogens is 283 g/mol. The van der Waals surface area contributed by atoms with E-state index in [1.807, 2.05) is 18.2 Å². The summed E-state index contributed by atoms with van der Waals surface area (Å²) >= 11 is 7.48. The Balaban J connectivity index is 0.00000256. The van der Waals surface area contributed by atoms with Crippen LogP contribution in [0.2, 0.25) is 5.02 Å². The first-order valence-electron chi connectivity index (χ1n) is 4.83. The average Bonchev–Trinajstić information content (AvgIpc) is 2.24. The van der Waals surface area contributed by atoms with Crippen LogP contribution in [-0.2, 0) is 0 Å². The normalized spacial score (nSPS) is 11.6. The number of hydrogen-bond donors (Lipinski definition) is 1. The monoisotopic (exact) mass is 296 g/mol. The van der Waals surface area contributed by atoms with Gasteiger partial charge in [-0.25, -0.2) is 0 Å². The van der Waals surface area contributed by atoms with Crippen LogP contribution in [-0.4, -0.2) is 23.8 Å². The van der Waals surface area contributed by atoms with Gasteiger partial charge in [-0.05, 0) is 11.6 Å². The number of nitro groups is 1. The third-order valence-electron chi connectivity index (χ3n) is 2.00. The van der Waals surface area contributed by atoms with Crippen LogP contribution in [0.3, 0.4) is 0 Å². The maximum atomic E-state index is 10.6. The molecule has 7 heteroatoms. The molecule has 0 bridgehead atoms. The smallest absolute Gasteiger partial charge is 0.219 e. The Bertz CT molecular complexity index is 366. The van der Waals surface area contributed by atoms with Gasteiger partial charge in [0.05, 0.1) is 5.25 Å². The van der Waals surface area contributed by atoms with Gasteiger partial charge in [-0.1, -0.05) is 29.8 Å². The summed E-state index contributed by atoms with van der Waals surface area (Å²) in [5.74, 6) is 0.684. The molecule has 1 rings (SSSR count). The highest BCUT2D eigenvalue weighted by atomic mass is 35.5. The van der Waals surface area contributed by atoms with Crippen LogP contribution in [0.5, 0.6) is 0 Å². The molecule has 0 spiro atoms. The van der Waals surface area contributed by atoms with Crippen LogP contribution in [0, 0.1) is 10.1 Å². The summed E-state index contributed by atoms with van der Waals surface area (Å²) in [6.07, 6.45) is 0. The Hall–Kier alpha value is -0.490. The molecule has 0 radical (unpaired) electrons. The molecule has 0 aliphatic rings. The van der Waals surface area contributed by atoms with Crippen molar-refractivity contribution in [2.75, 3.05) is 18.8 Å². The van der Waals surface area contributed by atoms with Gasteiger partial charge in [-0.15, -0.1) is 24.2 Å². The molecule has 0 heterocycles. The van der Waals surface area contributed by atoms with Gasteiger partial charge in [0.15, 0.2) is 0 Å². The first-order chi connectivity index (χ1) is 7.65. The summed E-state index contributed by atoms with van der Waals surface area (Å²) < 4.78 is 0. The molecule has 0 aliphatic heterocycles. The molecule has 0 aliphatic carbocycles. The summed E-state index contributed by atoms with van der Waals surface area (Å²) in [7, 11) is 0. The molecule has 4 nitrogen and oxygen atoms in total. The van der Waals surface area contributed by atoms with Gasteiger partial charge >= 0.3 is 0 Å². The Morgan fingerprint density at radius 1 is 1.47 bits per heavy atom. The average molecular weight is 297 g/mol. The summed E-state index contributed by atoms with van der Waals surface area (Å²) in [6.45, 7) is 0.373. The molecule has 0 saturated carbocycles. The predicted octanol–water partition coefficient (Wildman–Crippen LogP) is 2.77. The topological polar surface area (TPSA) is 69.2 Å². The van der Waals surface area contributed by atoms with E-state index in [4.69, 9.17) is 17.3 Å². The maximum absolute atomic E-state index is 10.6. The van der Waals surface area contributed by atoms with Crippen LogP contribution in [0.1, 0.15) is 10.8 Å². The van der Waals surface area contributed by atoms with Crippen molar-refractivity contribution in [1.82, 2.24) is 0 Å². The maximum Gasteiger partial charge on any atom is 0.219 e. The minimum Gasteiger partial charge on any atom is -0.330 e. The van der Waals surface area contributed by atoms with Crippen LogP contribution in [0.15, 0.2) is 24.3 Å². The molecule has 96 valence electrons. The van der Waals surface area contributed by atoms with Gasteiger partial charge in [-0.2, -0.15) is 0 Å². The lowest BCUT2D eigenvalue weighted by Gasteiger charge is -2.13. The van der Waals surface area contributed by atoms with E-state index < -0.39 is 0 Å². The Kier molecular flexibility index (Phi) is 8.33. The SMILES string of the molecule is Cl.NCCSC(C[N+](=O)[O-])c1ccccc1Cl. The van der Waals surface area contributed by atoms with E-state index in [-0.39, 0.29) is 29.1 Å². The summed E-state index contributed by atoms with van der Waals surface area (Å²) in [5.41, 5.74) is 6.21. The van der Waals surface area contributed by atoms with E-state index in [2.05, 4.69) is 0 Å². The van der Waals surface area contributed by atoms with Crippen molar-refractivity contribution in [3.05, 3.63) is 45.0 Å². The zero-order chi connectivity index (χ0) is 12.0. The molecule has 1 aromatic carbocycles. The van der Waals surface area contributed by atoms with Gasteiger partial charge in [0.25, 0.3) is 0 Å². The minimum atomic E-state index is -0.322. The number of nitrogens with zero attached hydrogens (tertiary/aromatic N) is 1. The van der Waals surface area contributed by atoms with Crippen LogP contribution >= 0.6 is 35.8 Å². The molecule has 0 fully saturated rings. The van der Waals surface area contributed by atoms with Gasteiger partial charge < -0.3 is 5.73 Å². The molecule has 1 atom stereocenters. The molecule has 1 aromatic rings. The van der Waals surface area contributed by atoms with E-state index in [1.165, 1.54) is 11.8 Å². The largest absolute Gasteiger partial charge is 0.330 e. The zero-order valence-electron chi connectivity index (χ0n) is 9.04. The van der Waals surface area contributed by atoms with Crippen molar-refractivity contribution in [3.8, 4) is 0 Å². The van der Waals surface area contributed by atoms with Gasteiger partial charge in [0, 0.05) is 22.2 Å². The molecular formula is C10H14Cl2N2O2S. The van der Waals surface area contributed by atoms with E-state index in [1.54, 1.807) is 6.07 Å². The van der Waals surface area contributed by atoms with E-state index in [0.29, 0.717) is 17.3 Å². The third-order valence-corrected chi connectivity index (χ3v) is 3.62. The summed E-state index contributed by atoms with van der Waals surface area (Å²) in [5, 5.41) is 10.9. The molecule has 1 unspecified atom stereocenters. The highest BCUT2D eigenvalue weighted by molar-refractivity contribution is 7.99. The molecule has 17 heavy (non-hydrogen) atoms. The minimum absolute atomic E-state index is 0. The molecule has 2 N–H and O–H groups in total. The Labute approximate surface area is 115 Å². The second-order valence-electron chi connectivity index (χ2n) is 3.18. The number of rotatable bonds is 6. The lowest BCUT2D eigenvalue weighted by Crippen LogP contribution is -2.12. The Morgan fingerprint density at radius 3 is 2.65 bits per heavy atom. The fraction of sp³-hybridized carbons (Fsp3) is 0.400. The first kappa shape index (κ1) is 16.5. The number of halogens is 2. The molecule has 0 amide bonds. The van der Waals surface area contributed by atoms with E-state index in [9.17, 15) is 10.1 Å². The second-order valence-corrected chi connectivity index (χ2v) is 4.90. The van der Waals surface area contributed by atoms with Gasteiger partial charge in [-0.3, -0.25) is 10.1 Å². The zero-order valence-corrected chi connectivity index (χ0v) is 11.4. The summed E-state index contributed by atoms with van der Waals surface area (Å²) in [6, 6.07) is 7.20. The highest BCUT2D eigenvalue weighted by Gasteiger charge is 2.20. The number of thioether (sulfide) groups is 1. The van der Waals surface area contributed by atoms with Crippen LogP contribution < -0.4 is 5.73 Å². The van der Waals surface area contributed by atoms with Crippen molar-refractivity contribution in [3.63, 3.8) is 0 Å².